The van der Waals surface area contributed by atoms with Gasteiger partial charge >= 0.3 is 11.4 Å². The third-order valence-corrected chi connectivity index (χ3v) is 3.06. The number of rotatable bonds is 1. The van der Waals surface area contributed by atoms with E-state index in [1.54, 1.807) is 12.1 Å². The van der Waals surface area contributed by atoms with E-state index in [1.165, 1.54) is 10.6 Å². The molecule has 0 saturated carbocycles. The van der Waals surface area contributed by atoms with Gasteiger partial charge < -0.3 is 8.83 Å². The van der Waals surface area contributed by atoms with Crippen LogP contribution in [0, 0.1) is 6.92 Å². The molecule has 0 fully saturated rings. The first-order valence-corrected chi connectivity index (χ1v) is 5.68. The maximum atomic E-state index is 11.7. The van der Waals surface area contributed by atoms with E-state index < -0.39 is 11.4 Å². The summed E-state index contributed by atoms with van der Waals surface area (Å²) in [4.78, 5) is 23.1. The van der Waals surface area contributed by atoms with Crippen LogP contribution in [0.2, 0.25) is 0 Å². The molecule has 1 aromatic carbocycles. The van der Waals surface area contributed by atoms with Crippen LogP contribution in [0.4, 0.5) is 0 Å². The molecule has 5 heteroatoms. The van der Waals surface area contributed by atoms with E-state index in [0.29, 0.717) is 23.2 Å². The molecular weight excluding hydrogens is 234 g/mol. The third-order valence-electron chi connectivity index (χ3n) is 3.06. The molecule has 0 bridgehead atoms. The van der Waals surface area contributed by atoms with Crippen molar-refractivity contribution < 1.29 is 8.83 Å². The molecule has 2 heterocycles. The number of aryl methyl sites for hydroxylation is 2. The van der Waals surface area contributed by atoms with Crippen LogP contribution < -0.4 is 11.4 Å². The molecule has 3 aromatic rings. The summed E-state index contributed by atoms with van der Waals surface area (Å²) in [5.41, 5.74) is 1.78. The molecule has 0 radical (unpaired) electrons. The van der Waals surface area contributed by atoms with Gasteiger partial charge in [0.15, 0.2) is 11.2 Å². The summed E-state index contributed by atoms with van der Waals surface area (Å²) >= 11 is 0. The van der Waals surface area contributed by atoms with Crippen molar-refractivity contribution in [3.63, 3.8) is 0 Å². The lowest BCUT2D eigenvalue weighted by Crippen LogP contribution is -2.12. The number of aromatic nitrogens is 1. The van der Waals surface area contributed by atoms with E-state index in [0.717, 1.165) is 10.9 Å². The molecule has 2 aromatic heterocycles. The molecular formula is C13H11NO4. The van der Waals surface area contributed by atoms with Gasteiger partial charge in [0.05, 0.1) is 0 Å². The Morgan fingerprint density at radius 1 is 1.22 bits per heavy atom. The lowest BCUT2D eigenvalue weighted by molar-refractivity contribution is 0.512. The summed E-state index contributed by atoms with van der Waals surface area (Å²) in [6, 6.07) is 4.94. The van der Waals surface area contributed by atoms with Crippen molar-refractivity contribution in [2.45, 2.75) is 20.4 Å². The Balaban J connectivity index is 2.67. The fraction of sp³-hybridized carbons (Fsp3) is 0.231. The zero-order chi connectivity index (χ0) is 12.9. The van der Waals surface area contributed by atoms with Gasteiger partial charge in [-0.2, -0.15) is 0 Å². The first-order valence-electron chi connectivity index (χ1n) is 5.68. The molecule has 0 amide bonds. The van der Waals surface area contributed by atoms with Crippen LogP contribution in [0.3, 0.4) is 0 Å². The minimum atomic E-state index is -0.441. The molecule has 0 aliphatic heterocycles. The predicted molar refractivity (Wildman–Crippen MR) is 66.9 cm³/mol. The molecule has 0 atom stereocenters. The van der Waals surface area contributed by atoms with Crippen molar-refractivity contribution in [1.29, 1.82) is 0 Å². The molecule has 0 N–H and O–H groups in total. The summed E-state index contributed by atoms with van der Waals surface area (Å²) in [6.07, 6.45) is 0. The van der Waals surface area contributed by atoms with Crippen molar-refractivity contribution >= 4 is 22.1 Å². The first kappa shape index (κ1) is 10.8. The van der Waals surface area contributed by atoms with Crippen LogP contribution >= 0.6 is 0 Å². The first-order chi connectivity index (χ1) is 8.61. The van der Waals surface area contributed by atoms with Crippen LogP contribution in [-0.4, -0.2) is 4.57 Å². The second kappa shape index (κ2) is 3.60. The third kappa shape index (κ3) is 1.33. The number of oxazole rings is 1. The fourth-order valence-corrected chi connectivity index (χ4v) is 2.22. The number of nitrogens with zero attached hydrogens (tertiary/aromatic N) is 1. The smallest absolute Gasteiger partial charge is 0.420 e. The van der Waals surface area contributed by atoms with E-state index in [1.807, 2.05) is 13.8 Å². The van der Waals surface area contributed by atoms with Gasteiger partial charge in [0.25, 0.3) is 0 Å². The SMILES string of the molecule is CCn1c(=O)oc2ccc3c(C)cc(=O)oc3c21. The summed E-state index contributed by atoms with van der Waals surface area (Å²) < 4.78 is 11.8. The quantitative estimate of drug-likeness (QED) is 0.615. The molecule has 0 aliphatic rings. The summed E-state index contributed by atoms with van der Waals surface area (Å²) in [5.74, 6) is -0.441. The number of hydrogen-bond donors (Lipinski definition) is 0. The average Bonchev–Trinajstić information content (AvgIpc) is 2.64. The van der Waals surface area contributed by atoms with Gasteiger partial charge in [-0.1, -0.05) is 0 Å². The van der Waals surface area contributed by atoms with Crippen molar-refractivity contribution in [2.75, 3.05) is 0 Å². The number of benzene rings is 1. The van der Waals surface area contributed by atoms with E-state index >= 15 is 0 Å². The Hall–Kier alpha value is -2.30. The Kier molecular flexibility index (Phi) is 2.16. The Morgan fingerprint density at radius 3 is 2.72 bits per heavy atom. The molecule has 0 spiro atoms. The lowest BCUT2D eigenvalue weighted by atomic mass is 10.1. The summed E-state index contributed by atoms with van der Waals surface area (Å²) in [6.45, 7) is 4.13. The van der Waals surface area contributed by atoms with Crippen LogP contribution in [0.15, 0.2) is 36.6 Å². The van der Waals surface area contributed by atoms with Crippen molar-refractivity contribution in [3.05, 3.63) is 44.7 Å². The van der Waals surface area contributed by atoms with Crippen molar-refractivity contribution in [3.8, 4) is 0 Å². The van der Waals surface area contributed by atoms with Gasteiger partial charge in [-0.05, 0) is 31.5 Å². The molecule has 18 heavy (non-hydrogen) atoms. The second-order valence-electron chi connectivity index (χ2n) is 4.15. The standard InChI is InChI=1S/C13H11NO4/c1-3-14-11-9(17-13(14)16)5-4-8-7(2)6-10(15)18-12(8)11/h4-6H,3H2,1-2H3. The van der Waals surface area contributed by atoms with Gasteiger partial charge in [0, 0.05) is 18.0 Å². The highest BCUT2D eigenvalue weighted by molar-refractivity contribution is 6.00. The largest absolute Gasteiger partial charge is 0.420 e. The molecule has 5 nitrogen and oxygen atoms in total. The van der Waals surface area contributed by atoms with Gasteiger partial charge in [-0.3, -0.25) is 4.57 Å². The Bertz CT molecular complexity index is 866. The van der Waals surface area contributed by atoms with Gasteiger partial charge in [-0.25, -0.2) is 9.59 Å². The fourth-order valence-electron chi connectivity index (χ4n) is 2.22. The topological polar surface area (TPSA) is 65.3 Å². The Labute approximate surface area is 101 Å². The van der Waals surface area contributed by atoms with Crippen LogP contribution in [0.5, 0.6) is 0 Å². The molecule has 0 unspecified atom stereocenters. The van der Waals surface area contributed by atoms with Crippen molar-refractivity contribution in [2.24, 2.45) is 0 Å². The van der Waals surface area contributed by atoms with Gasteiger partial charge in [-0.15, -0.1) is 0 Å². The lowest BCUT2D eigenvalue weighted by Gasteiger charge is -2.02. The van der Waals surface area contributed by atoms with E-state index in [-0.39, 0.29) is 0 Å². The summed E-state index contributed by atoms with van der Waals surface area (Å²) in [7, 11) is 0. The van der Waals surface area contributed by atoms with E-state index in [9.17, 15) is 9.59 Å². The maximum Gasteiger partial charge on any atom is 0.420 e. The van der Waals surface area contributed by atoms with E-state index in [4.69, 9.17) is 8.83 Å². The number of hydrogen-bond acceptors (Lipinski definition) is 4. The highest BCUT2D eigenvalue weighted by Crippen LogP contribution is 2.25. The molecule has 0 aliphatic carbocycles. The Morgan fingerprint density at radius 2 is 2.00 bits per heavy atom. The zero-order valence-corrected chi connectivity index (χ0v) is 10.0. The van der Waals surface area contributed by atoms with Gasteiger partial charge in [0.1, 0.15) is 5.52 Å². The molecule has 0 saturated heterocycles. The molecule has 3 rings (SSSR count). The minimum Gasteiger partial charge on any atom is -0.420 e. The minimum absolute atomic E-state index is 0.408. The van der Waals surface area contributed by atoms with Gasteiger partial charge in [0.2, 0.25) is 0 Å². The van der Waals surface area contributed by atoms with Crippen LogP contribution in [0.1, 0.15) is 12.5 Å². The maximum absolute atomic E-state index is 11.7. The number of fused-ring (bicyclic) bond motifs is 3. The normalized spacial score (nSPS) is 11.4. The van der Waals surface area contributed by atoms with Crippen LogP contribution in [-0.2, 0) is 6.54 Å². The highest BCUT2D eigenvalue weighted by Gasteiger charge is 2.14. The van der Waals surface area contributed by atoms with Crippen molar-refractivity contribution in [1.82, 2.24) is 4.57 Å². The predicted octanol–water partition coefficient (Wildman–Crippen LogP) is 2.03. The molecule has 92 valence electrons. The van der Waals surface area contributed by atoms with Crippen LogP contribution in [0.25, 0.3) is 22.1 Å². The second-order valence-corrected chi connectivity index (χ2v) is 4.15. The highest BCUT2D eigenvalue weighted by atomic mass is 16.4. The zero-order valence-electron chi connectivity index (χ0n) is 10.0. The summed E-state index contributed by atoms with van der Waals surface area (Å²) in [5, 5.41) is 0.810. The monoisotopic (exact) mass is 245 g/mol. The average molecular weight is 245 g/mol. The van der Waals surface area contributed by atoms with E-state index in [2.05, 4.69) is 0 Å².